The fourth-order valence-electron chi connectivity index (χ4n) is 3.50. The van der Waals surface area contributed by atoms with Gasteiger partial charge in [-0.3, -0.25) is 19.7 Å². The van der Waals surface area contributed by atoms with E-state index in [9.17, 15) is 14.4 Å². The SMILES string of the molecule is O=C1CCC(N2Cc3c(SCCOCCOCCOCCBr)cccc3C2=O)C(=O)N1. The summed E-state index contributed by atoms with van der Waals surface area (Å²) in [5, 5.41) is 3.15. The van der Waals surface area contributed by atoms with E-state index in [0.29, 0.717) is 58.2 Å². The van der Waals surface area contributed by atoms with Crippen molar-refractivity contribution >= 4 is 45.4 Å². The van der Waals surface area contributed by atoms with E-state index in [2.05, 4.69) is 21.2 Å². The molecule has 1 N–H and O–H groups in total. The minimum absolute atomic E-state index is 0.152. The highest BCUT2D eigenvalue weighted by molar-refractivity contribution is 9.09. The van der Waals surface area contributed by atoms with Gasteiger partial charge in [0.1, 0.15) is 6.04 Å². The van der Waals surface area contributed by atoms with Gasteiger partial charge in [-0.15, -0.1) is 11.8 Å². The van der Waals surface area contributed by atoms with Crippen molar-refractivity contribution in [2.24, 2.45) is 0 Å². The van der Waals surface area contributed by atoms with E-state index in [1.54, 1.807) is 22.7 Å². The normalized spacial score (nSPS) is 18.4. The van der Waals surface area contributed by atoms with Gasteiger partial charge in [-0.25, -0.2) is 0 Å². The van der Waals surface area contributed by atoms with Crippen molar-refractivity contribution in [2.45, 2.75) is 30.3 Å². The van der Waals surface area contributed by atoms with Crippen molar-refractivity contribution in [1.29, 1.82) is 0 Å². The average Bonchev–Trinajstić information content (AvgIpc) is 3.09. The minimum Gasteiger partial charge on any atom is -0.378 e. The summed E-state index contributed by atoms with van der Waals surface area (Å²) < 4.78 is 16.3. The van der Waals surface area contributed by atoms with Crippen LogP contribution in [0, 0.1) is 0 Å². The quantitative estimate of drug-likeness (QED) is 0.186. The molecule has 2 aliphatic heterocycles. The number of nitrogens with zero attached hydrogens (tertiary/aromatic N) is 1. The molecule has 0 spiro atoms. The number of amides is 3. The summed E-state index contributed by atoms with van der Waals surface area (Å²) in [4.78, 5) is 39.0. The third-order valence-electron chi connectivity index (χ3n) is 4.99. The molecule has 0 aliphatic carbocycles. The molecule has 3 amide bonds. The van der Waals surface area contributed by atoms with Crippen LogP contribution in [0.4, 0.5) is 0 Å². The summed E-state index contributed by atoms with van der Waals surface area (Å²) in [5.74, 6) is -0.0790. The number of hydrogen-bond donors (Lipinski definition) is 1. The predicted octanol–water partition coefficient (Wildman–Crippen LogP) is 1.98. The maximum absolute atomic E-state index is 12.8. The molecule has 31 heavy (non-hydrogen) atoms. The van der Waals surface area contributed by atoms with Crippen molar-refractivity contribution in [3.8, 4) is 0 Å². The third kappa shape index (κ3) is 6.76. The van der Waals surface area contributed by atoms with Crippen LogP contribution in [-0.2, 0) is 30.3 Å². The van der Waals surface area contributed by atoms with Crippen LogP contribution in [0.5, 0.6) is 0 Å². The van der Waals surface area contributed by atoms with Crippen molar-refractivity contribution in [3.05, 3.63) is 29.3 Å². The number of carbonyl (C=O) groups is 3. The van der Waals surface area contributed by atoms with Gasteiger partial charge in [0.25, 0.3) is 5.91 Å². The number of ether oxygens (including phenoxy) is 3. The molecule has 10 heteroatoms. The van der Waals surface area contributed by atoms with Crippen LogP contribution >= 0.6 is 27.7 Å². The fraction of sp³-hybridized carbons (Fsp3) is 0.571. The fourth-order valence-corrected chi connectivity index (χ4v) is 4.67. The molecule has 1 fully saturated rings. The maximum Gasteiger partial charge on any atom is 0.255 e. The van der Waals surface area contributed by atoms with Crippen molar-refractivity contribution in [3.63, 3.8) is 0 Å². The van der Waals surface area contributed by atoms with E-state index in [4.69, 9.17) is 14.2 Å². The number of alkyl halides is 1. The van der Waals surface area contributed by atoms with Crippen LogP contribution in [0.1, 0.15) is 28.8 Å². The maximum atomic E-state index is 12.8. The third-order valence-corrected chi connectivity index (χ3v) is 6.38. The van der Waals surface area contributed by atoms with Gasteiger partial charge in [0.05, 0.1) is 39.6 Å². The van der Waals surface area contributed by atoms with Crippen molar-refractivity contribution in [1.82, 2.24) is 10.2 Å². The number of carbonyl (C=O) groups excluding carboxylic acids is 3. The van der Waals surface area contributed by atoms with Gasteiger partial charge in [0, 0.05) is 34.5 Å². The van der Waals surface area contributed by atoms with Gasteiger partial charge < -0.3 is 19.1 Å². The number of halogens is 1. The van der Waals surface area contributed by atoms with Crippen molar-refractivity contribution in [2.75, 3.05) is 50.7 Å². The summed E-state index contributed by atoms with van der Waals surface area (Å²) in [6, 6.07) is 5.05. The molecule has 3 rings (SSSR count). The van der Waals surface area contributed by atoms with E-state index in [1.807, 2.05) is 12.1 Å². The molecule has 1 aromatic carbocycles. The number of nitrogens with one attached hydrogen (secondary N) is 1. The lowest BCUT2D eigenvalue weighted by molar-refractivity contribution is -0.136. The molecule has 1 unspecified atom stereocenters. The zero-order valence-corrected chi connectivity index (χ0v) is 19.7. The number of benzene rings is 1. The number of fused-ring (bicyclic) bond motifs is 1. The Labute approximate surface area is 194 Å². The molecule has 1 aromatic rings. The van der Waals surface area contributed by atoms with Gasteiger partial charge in [-0.2, -0.15) is 0 Å². The second kappa shape index (κ2) is 12.5. The van der Waals surface area contributed by atoms with Crippen molar-refractivity contribution < 1.29 is 28.6 Å². The van der Waals surface area contributed by atoms with E-state index < -0.39 is 11.9 Å². The van der Waals surface area contributed by atoms with E-state index in [1.165, 1.54) is 0 Å². The highest BCUT2D eigenvalue weighted by Gasteiger charge is 2.39. The first-order valence-corrected chi connectivity index (χ1v) is 12.4. The van der Waals surface area contributed by atoms with Gasteiger partial charge in [-0.1, -0.05) is 22.0 Å². The number of hydrogen-bond acceptors (Lipinski definition) is 7. The van der Waals surface area contributed by atoms with Crippen LogP contribution in [0.25, 0.3) is 0 Å². The molecule has 2 heterocycles. The Bertz CT molecular complexity index is 793. The molecule has 2 aliphatic rings. The largest absolute Gasteiger partial charge is 0.378 e. The summed E-state index contributed by atoms with van der Waals surface area (Å²) in [7, 11) is 0. The molecule has 0 bridgehead atoms. The second-order valence-electron chi connectivity index (χ2n) is 7.06. The lowest BCUT2D eigenvalue weighted by atomic mass is 10.0. The smallest absolute Gasteiger partial charge is 0.255 e. The summed E-state index contributed by atoms with van der Waals surface area (Å²) in [5.41, 5.74) is 1.57. The number of imide groups is 1. The first kappa shape index (κ1) is 24.2. The zero-order chi connectivity index (χ0) is 22.1. The number of rotatable bonds is 13. The average molecular weight is 515 g/mol. The molecular weight excluding hydrogens is 488 g/mol. The van der Waals surface area contributed by atoms with Gasteiger partial charge in [0.2, 0.25) is 11.8 Å². The van der Waals surface area contributed by atoms with Crippen LogP contribution < -0.4 is 5.32 Å². The summed E-state index contributed by atoms with van der Waals surface area (Å²) >= 11 is 4.93. The summed E-state index contributed by atoms with van der Waals surface area (Å²) in [6.45, 7) is 3.81. The van der Waals surface area contributed by atoms with Crippen LogP contribution in [0.15, 0.2) is 23.1 Å². The molecule has 0 saturated carbocycles. The first-order chi connectivity index (χ1) is 15.1. The highest BCUT2D eigenvalue weighted by Crippen LogP contribution is 2.34. The van der Waals surface area contributed by atoms with Crippen LogP contribution in [0.3, 0.4) is 0 Å². The van der Waals surface area contributed by atoms with Gasteiger partial charge >= 0.3 is 0 Å². The molecule has 170 valence electrons. The van der Waals surface area contributed by atoms with Crippen LogP contribution in [0.2, 0.25) is 0 Å². The Morgan fingerprint density at radius 3 is 2.45 bits per heavy atom. The monoisotopic (exact) mass is 514 g/mol. The summed E-state index contributed by atoms with van der Waals surface area (Å²) in [6.07, 6.45) is 0.620. The number of piperidine rings is 1. The highest BCUT2D eigenvalue weighted by atomic mass is 79.9. The predicted molar refractivity (Wildman–Crippen MR) is 119 cm³/mol. The lowest BCUT2D eigenvalue weighted by Gasteiger charge is -2.29. The molecule has 0 radical (unpaired) electrons. The lowest BCUT2D eigenvalue weighted by Crippen LogP contribution is -2.52. The van der Waals surface area contributed by atoms with Gasteiger partial charge in [-0.05, 0) is 24.1 Å². The number of thioether (sulfide) groups is 1. The van der Waals surface area contributed by atoms with Gasteiger partial charge in [0.15, 0.2) is 0 Å². The molecule has 0 aromatic heterocycles. The Morgan fingerprint density at radius 1 is 1.03 bits per heavy atom. The Balaban J connectivity index is 1.40. The Hall–Kier alpha value is -1.46. The minimum atomic E-state index is -0.594. The second-order valence-corrected chi connectivity index (χ2v) is 8.99. The molecular formula is C21H27BrN2O6S. The Kier molecular flexibility index (Phi) is 9.79. The topological polar surface area (TPSA) is 94.2 Å². The zero-order valence-electron chi connectivity index (χ0n) is 17.3. The van der Waals surface area contributed by atoms with E-state index in [0.717, 1.165) is 21.5 Å². The Morgan fingerprint density at radius 2 is 1.74 bits per heavy atom. The van der Waals surface area contributed by atoms with E-state index >= 15 is 0 Å². The standard InChI is InChI=1S/C21H27BrN2O6S/c22-6-7-28-8-9-29-10-11-30-12-13-31-18-3-1-2-15-16(18)14-24(21(15)27)17-4-5-19(25)23-20(17)26/h1-3,17H,4-14H2,(H,23,25,26). The van der Waals surface area contributed by atoms with Crippen LogP contribution in [-0.4, -0.2) is 79.4 Å². The van der Waals surface area contributed by atoms with E-state index in [-0.39, 0.29) is 18.2 Å². The first-order valence-electron chi connectivity index (χ1n) is 10.3. The molecule has 1 atom stereocenters. The molecule has 1 saturated heterocycles. The molecule has 8 nitrogen and oxygen atoms in total.